The van der Waals surface area contributed by atoms with E-state index in [1.54, 1.807) is 42.6 Å². The summed E-state index contributed by atoms with van der Waals surface area (Å²) in [7, 11) is 0. The molecule has 1 aromatic carbocycles. The molecule has 6 nitrogen and oxygen atoms in total. The van der Waals surface area contributed by atoms with E-state index in [9.17, 15) is 14.7 Å². The SMILES string of the molecule is Cc1ccc(N2C(=O)C(=O)/C(=C(/O)c3ccncc3)C2c2ccccn2)cc1C. The molecule has 0 radical (unpaired) electrons. The molecule has 2 aromatic heterocycles. The Kier molecular flexibility index (Phi) is 4.68. The lowest BCUT2D eigenvalue weighted by atomic mass is 9.98. The number of aliphatic hydroxyl groups is 1. The van der Waals surface area contributed by atoms with Crippen LogP contribution in [0.3, 0.4) is 0 Å². The summed E-state index contributed by atoms with van der Waals surface area (Å²) < 4.78 is 0. The molecule has 1 amide bonds. The number of nitrogens with zero attached hydrogens (tertiary/aromatic N) is 3. The molecule has 1 fully saturated rings. The van der Waals surface area contributed by atoms with Gasteiger partial charge in [0.1, 0.15) is 11.8 Å². The topological polar surface area (TPSA) is 83.4 Å². The Hall–Kier alpha value is -3.80. The average molecular weight is 385 g/mol. The van der Waals surface area contributed by atoms with Crippen molar-refractivity contribution in [1.82, 2.24) is 9.97 Å². The quantitative estimate of drug-likeness (QED) is 0.422. The standard InChI is InChI=1S/C23H19N3O3/c1-14-6-7-17(13-15(14)2)26-20(18-5-3-4-10-25-18)19(22(28)23(26)29)21(27)16-8-11-24-12-9-16/h3-13,20,27H,1-2H3/b21-19+. The summed E-state index contributed by atoms with van der Waals surface area (Å²) in [4.78, 5) is 35.7. The van der Waals surface area contributed by atoms with Crippen LogP contribution < -0.4 is 4.90 Å². The van der Waals surface area contributed by atoms with Crippen LogP contribution >= 0.6 is 0 Å². The first-order chi connectivity index (χ1) is 14.0. The summed E-state index contributed by atoms with van der Waals surface area (Å²) in [5.41, 5.74) is 3.59. The van der Waals surface area contributed by atoms with Gasteiger partial charge in [0.15, 0.2) is 0 Å². The highest BCUT2D eigenvalue weighted by molar-refractivity contribution is 6.51. The second-order valence-corrected chi connectivity index (χ2v) is 6.93. The first-order valence-electron chi connectivity index (χ1n) is 9.18. The van der Waals surface area contributed by atoms with Gasteiger partial charge in [-0.15, -0.1) is 0 Å². The molecule has 0 saturated carbocycles. The number of anilines is 1. The van der Waals surface area contributed by atoms with Gasteiger partial charge in [0.05, 0.1) is 11.3 Å². The fraction of sp³-hybridized carbons (Fsp3) is 0.130. The first-order valence-corrected chi connectivity index (χ1v) is 9.18. The molecule has 1 aliphatic rings. The number of Topliss-reactive ketones (excluding diaryl/α,β-unsaturated/α-hetero) is 1. The highest BCUT2D eigenvalue weighted by atomic mass is 16.3. The molecule has 1 aliphatic heterocycles. The number of benzene rings is 1. The fourth-order valence-electron chi connectivity index (χ4n) is 3.46. The molecule has 1 unspecified atom stereocenters. The number of pyridine rings is 2. The van der Waals surface area contributed by atoms with E-state index in [-0.39, 0.29) is 11.3 Å². The molecule has 1 N–H and O–H groups in total. The number of aromatic nitrogens is 2. The molecule has 1 atom stereocenters. The summed E-state index contributed by atoms with van der Waals surface area (Å²) in [5, 5.41) is 10.9. The van der Waals surface area contributed by atoms with E-state index < -0.39 is 17.7 Å². The van der Waals surface area contributed by atoms with Crippen molar-refractivity contribution < 1.29 is 14.7 Å². The highest BCUT2D eigenvalue weighted by Crippen LogP contribution is 2.41. The molecule has 3 aromatic rings. The third-order valence-corrected chi connectivity index (χ3v) is 5.13. The molecule has 0 aliphatic carbocycles. The third-order valence-electron chi connectivity index (χ3n) is 5.13. The molecular weight excluding hydrogens is 366 g/mol. The van der Waals surface area contributed by atoms with E-state index in [1.807, 2.05) is 26.0 Å². The number of carbonyl (C=O) groups is 2. The molecule has 1 saturated heterocycles. The maximum atomic E-state index is 13.0. The monoisotopic (exact) mass is 385 g/mol. The zero-order valence-electron chi connectivity index (χ0n) is 16.0. The number of rotatable bonds is 3. The largest absolute Gasteiger partial charge is 0.507 e. The summed E-state index contributed by atoms with van der Waals surface area (Å²) in [6.07, 6.45) is 4.64. The van der Waals surface area contributed by atoms with E-state index in [0.717, 1.165) is 11.1 Å². The molecule has 29 heavy (non-hydrogen) atoms. The van der Waals surface area contributed by atoms with E-state index in [0.29, 0.717) is 16.9 Å². The van der Waals surface area contributed by atoms with Crippen molar-refractivity contribution in [2.24, 2.45) is 0 Å². The minimum Gasteiger partial charge on any atom is -0.507 e. The smallest absolute Gasteiger partial charge is 0.300 e. The van der Waals surface area contributed by atoms with Gasteiger partial charge in [-0.05, 0) is 61.4 Å². The molecular formula is C23H19N3O3. The van der Waals surface area contributed by atoms with Crippen LogP contribution in [-0.4, -0.2) is 26.8 Å². The summed E-state index contributed by atoms with van der Waals surface area (Å²) in [6, 6.07) is 13.2. The highest BCUT2D eigenvalue weighted by Gasteiger charge is 2.47. The van der Waals surface area contributed by atoms with Gasteiger partial charge in [0.25, 0.3) is 11.7 Å². The van der Waals surface area contributed by atoms with E-state index in [1.165, 1.54) is 17.3 Å². The van der Waals surface area contributed by atoms with Gasteiger partial charge in [0.2, 0.25) is 0 Å². The molecule has 6 heteroatoms. The van der Waals surface area contributed by atoms with Gasteiger partial charge < -0.3 is 5.11 Å². The van der Waals surface area contributed by atoms with Gasteiger partial charge >= 0.3 is 0 Å². The van der Waals surface area contributed by atoms with Crippen LogP contribution in [0.2, 0.25) is 0 Å². The lowest BCUT2D eigenvalue weighted by Crippen LogP contribution is -2.29. The van der Waals surface area contributed by atoms with Crippen molar-refractivity contribution in [3.05, 3.63) is 95.1 Å². The van der Waals surface area contributed by atoms with Crippen molar-refractivity contribution in [1.29, 1.82) is 0 Å². The van der Waals surface area contributed by atoms with Crippen LogP contribution in [0, 0.1) is 13.8 Å². The van der Waals surface area contributed by atoms with Gasteiger partial charge in [0, 0.05) is 29.8 Å². The van der Waals surface area contributed by atoms with Crippen molar-refractivity contribution >= 4 is 23.1 Å². The first kappa shape index (κ1) is 18.6. The zero-order valence-corrected chi connectivity index (χ0v) is 16.0. The Morgan fingerprint density at radius 3 is 2.38 bits per heavy atom. The number of hydrogen-bond donors (Lipinski definition) is 1. The van der Waals surface area contributed by atoms with Crippen molar-refractivity contribution in [3.8, 4) is 0 Å². The molecule has 144 valence electrons. The van der Waals surface area contributed by atoms with Gasteiger partial charge in [-0.2, -0.15) is 0 Å². The van der Waals surface area contributed by atoms with Crippen LogP contribution in [0.1, 0.15) is 28.4 Å². The second-order valence-electron chi connectivity index (χ2n) is 6.93. The lowest BCUT2D eigenvalue weighted by Gasteiger charge is -2.25. The van der Waals surface area contributed by atoms with Crippen molar-refractivity contribution in [2.45, 2.75) is 19.9 Å². The average Bonchev–Trinajstić information content (AvgIpc) is 3.02. The maximum Gasteiger partial charge on any atom is 0.300 e. The molecule has 3 heterocycles. The van der Waals surface area contributed by atoms with Crippen LogP contribution in [0.4, 0.5) is 5.69 Å². The predicted octanol–water partition coefficient (Wildman–Crippen LogP) is 3.72. The molecule has 0 spiro atoms. The third kappa shape index (κ3) is 3.18. The number of aliphatic hydroxyl groups excluding tert-OH is 1. The summed E-state index contributed by atoms with van der Waals surface area (Å²) >= 11 is 0. The van der Waals surface area contributed by atoms with E-state index >= 15 is 0 Å². The minimum atomic E-state index is -0.827. The maximum absolute atomic E-state index is 13.0. The van der Waals surface area contributed by atoms with E-state index in [2.05, 4.69) is 9.97 Å². The van der Waals surface area contributed by atoms with Crippen molar-refractivity contribution in [2.75, 3.05) is 4.90 Å². The lowest BCUT2D eigenvalue weighted by molar-refractivity contribution is -0.132. The number of amides is 1. The van der Waals surface area contributed by atoms with Gasteiger partial charge in [-0.1, -0.05) is 12.1 Å². The normalized spacial score (nSPS) is 18.3. The fourth-order valence-corrected chi connectivity index (χ4v) is 3.46. The molecule has 0 bridgehead atoms. The molecule has 4 rings (SSSR count). The number of aryl methyl sites for hydroxylation is 2. The zero-order chi connectivity index (χ0) is 20.5. The summed E-state index contributed by atoms with van der Waals surface area (Å²) in [5.74, 6) is -1.68. The van der Waals surface area contributed by atoms with Crippen LogP contribution in [0.5, 0.6) is 0 Å². The minimum absolute atomic E-state index is 0.0122. The Morgan fingerprint density at radius 1 is 0.966 bits per heavy atom. The van der Waals surface area contributed by atoms with Crippen LogP contribution in [0.15, 0.2) is 72.7 Å². The van der Waals surface area contributed by atoms with Crippen LogP contribution in [0.25, 0.3) is 5.76 Å². The van der Waals surface area contributed by atoms with Gasteiger partial charge in [-0.3, -0.25) is 24.5 Å². The van der Waals surface area contributed by atoms with E-state index in [4.69, 9.17) is 0 Å². The number of hydrogen-bond acceptors (Lipinski definition) is 5. The van der Waals surface area contributed by atoms with Crippen molar-refractivity contribution in [3.63, 3.8) is 0 Å². The number of carbonyl (C=O) groups excluding carboxylic acids is 2. The number of ketones is 1. The van der Waals surface area contributed by atoms with Gasteiger partial charge in [-0.25, -0.2) is 0 Å². The Balaban J connectivity index is 1.95. The second kappa shape index (κ2) is 7.31. The van der Waals surface area contributed by atoms with Crippen LogP contribution in [-0.2, 0) is 9.59 Å². The Bertz CT molecular complexity index is 1120. The summed E-state index contributed by atoms with van der Waals surface area (Å²) in [6.45, 7) is 3.93. The predicted molar refractivity (Wildman–Crippen MR) is 109 cm³/mol. The Morgan fingerprint density at radius 2 is 1.72 bits per heavy atom. The Labute approximate surface area is 168 Å².